The Morgan fingerprint density at radius 3 is 2.24 bits per heavy atom. The predicted octanol–water partition coefficient (Wildman–Crippen LogP) is 4.30. The topological polar surface area (TPSA) is 23.8 Å². The lowest BCUT2D eigenvalue weighted by Crippen LogP contribution is -2.00. The average molecular weight is 286 g/mol. The van der Waals surface area contributed by atoms with Crippen molar-refractivity contribution in [1.82, 2.24) is 0 Å². The van der Waals surface area contributed by atoms with Gasteiger partial charge in [0.1, 0.15) is 0 Å². The molecule has 1 nitrogen and oxygen atoms in total. The number of nitriles is 1. The van der Waals surface area contributed by atoms with E-state index < -0.39 is 0 Å². The largest absolute Gasteiger partial charge is 0.198 e. The van der Waals surface area contributed by atoms with Crippen molar-refractivity contribution in [3.63, 3.8) is 0 Å². The summed E-state index contributed by atoms with van der Waals surface area (Å²) in [5.41, 5.74) is 2.27. The van der Waals surface area contributed by atoms with E-state index in [0.717, 1.165) is 16.5 Å². The molecule has 84 valence electrons. The first-order chi connectivity index (χ1) is 8.29. The molecule has 1 atom stereocenters. The molecule has 2 rings (SSSR count). The van der Waals surface area contributed by atoms with Gasteiger partial charge in [-0.3, -0.25) is 0 Å². The van der Waals surface area contributed by atoms with Crippen molar-refractivity contribution in [2.75, 3.05) is 0 Å². The number of hydrogen-bond acceptors (Lipinski definition) is 1. The van der Waals surface area contributed by atoms with Gasteiger partial charge < -0.3 is 0 Å². The van der Waals surface area contributed by atoms with E-state index in [-0.39, 0.29) is 5.92 Å². The van der Waals surface area contributed by atoms with Crippen LogP contribution in [0.15, 0.2) is 59.1 Å². The van der Waals surface area contributed by atoms with Gasteiger partial charge in [0.05, 0.1) is 12.0 Å². The van der Waals surface area contributed by atoms with Crippen LogP contribution >= 0.6 is 15.9 Å². The third kappa shape index (κ3) is 3.18. The second kappa shape index (κ2) is 5.65. The maximum Gasteiger partial charge on any atom is 0.0753 e. The van der Waals surface area contributed by atoms with Gasteiger partial charge in [-0.25, -0.2) is 0 Å². The van der Waals surface area contributed by atoms with Gasteiger partial charge in [0.2, 0.25) is 0 Å². The molecule has 0 radical (unpaired) electrons. The summed E-state index contributed by atoms with van der Waals surface area (Å²) in [6.45, 7) is 0. The third-order valence-electron chi connectivity index (χ3n) is 2.71. The first kappa shape index (κ1) is 11.9. The number of benzene rings is 2. The SMILES string of the molecule is N#CC(Cc1ccc(Br)cc1)c1ccccc1. The number of halogens is 1. The molecule has 0 aliphatic heterocycles. The van der Waals surface area contributed by atoms with E-state index in [1.807, 2.05) is 42.5 Å². The van der Waals surface area contributed by atoms with E-state index in [1.165, 1.54) is 5.56 Å². The Balaban J connectivity index is 2.17. The van der Waals surface area contributed by atoms with E-state index in [0.29, 0.717) is 0 Å². The van der Waals surface area contributed by atoms with Gasteiger partial charge in [0, 0.05) is 4.47 Å². The molecule has 0 aliphatic rings. The maximum atomic E-state index is 9.24. The monoisotopic (exact) mass is 285 g/mol. The first-order valence-corrected chi connectivity index (χ1v) is 6.28. The Morgan fingerprint density at radius 1 is 1.00 bits per heavy atom. The van der Waals surface area contributed by atoms with Crippen molar-refractivity contribution < 1.29 is 0 Å². The van der Waals surface area contributed by atoms with Crippen LogP contribution in [-0.4, -0.2) is 0 Å². The van der Waals surface area contributed by atoms with Gasteiger partial charge in [-0.2, -0.15) is 5.26 Å². The molecule has 0 amide bonds. The van der Waals surface area contributed by atoms with Crippen LogP contribution in [0.2, 0.25) is 0 Å². The Labute approximate surface area is 110 Å². The van der Waals surface area contributed by atoms with Crippen molar-refractivity contribution in [2.24, 2.45) is 0 Å². The van der Waals surface area contributed by atoms with Gasteiger partial charge in [0.25, 0.3) is 0 Å². The number of hydrogen-bond donors (Lipinski definition) is 0. The summed E-state index contributed by atoms with van der Waals surface area (Å²) in [6.07, 6.45) is 0.758. The molecule has 1 unspecified atom stereocenters. The lowest BCUT2D eigenvalue weighted by Gasteiger charge is -2.09. The third-order valence-corrected chi connectivity index (χ3v) is 3.24. The standard InChI is InChI=1S/C15H12BrN/c16-15-8-6-12(7-9-15)10-14(11-17)13-4-2-1-3-5-13/h1-9,14H,10H2. The fourth-order valence-corrected chi connectivity index (χ4v) is 2.04. The van der Waals surface area contributed by atoms with Crippen LogP contribution in [0.3, 0.4) is 0 Å². The minimum Gasteiger partial charge on any atom is -0.198 e. The van der Waals surface area contributed by atoms with Crippen LogP contribution in [0.4, 0.5) is 0 Å². The van der Waals surface area contributed by atoms with Crippen LogP contribution in [0, 0.1) is 11.3 Å². The maximum absolute atomic E-state index is 9.24. The molecule has 0 saturated carbocycles. The summed E-state index contributed by atoms with van der Waals surface area (Å²) >= 11 is 3.41. The molecular weight excluding hydrogens is 274 g/mol. The van der Waals surface area contributed by atoms with Gasteiger partial charge in [0.15, 0.2) is 0 Å². The van der Waals surface area contributed by atoms with Crippen LogP contribution in [-0.2, 0) is 6.42 Å². The molecule has 0 fully saturated rings. The molecule has 0 heterocycles. The normalized spacial score (nSPS) is 11.8. The smallest absolute Gasteiger partial charge is 0.0753 e. The molecule has 0 bridgehead atoms. The molecular formula is C15H12BrN. The fourth-order valence-electron chi connectivity index (χ4n) is 1.78. The molecule has 0 spiro atoms. The summed E-state index contributed by atoms with van der Waals surface area (Å²) in [6, 6.07) is 20.4. The van der Waals surface area contributed by atoms with E-state index in [4.69, 9.17) is 0 Å². The summed E-state index contributed by atoms with van der Waals surface area (Å²) in [5.74, 6) is -0.0719. The van der Waals surface area contributed by atoms with Crippen LogP contribution in [0.5, 0.6) is 0 Å². The van der Waals surface area contributed by atoms with Crippen molar-refractivity contribution in [3.05, 3.63) is 70.2 Å². The quantitative estimate of drug-likeness (QED) is 0.825. The van der Waals surface area contributed by atoms with E-state index in [9.17, 15) is 5.26 Å². The molecule has 0 N–H and O–H groups in total. The average Bonchev–Trinajstić information content (AvgIpc) is 2.39. The first-order valence-electron chi connectivity index (χ1n) is 5.48. The Morgan fingerprint density at radius 2 is 1.65 bits per heavy atom. The zero-order valence-corrected chi connectivity index (χ0v) is 10.9. The van der Waals surface area contributed by atoms with Gasteiger partial charge in [-0.05, 0) is 29.7 Å². The highest BCUT2D eigenvalue weighted by atomic mass is 79.9. The van der Waals surface area contributed by atoms with E-state index in [1.54, 1.807) is 0 Å². The summed E-state index contributed by atoms with van der Waals surface area (Å²) in [5, 5.41) is 9.24. The van der Waals surface area contributed by atoms with Crippen molar-refractivity contribution >= 4 is 15.9 Å². The van der Waals surface area contributed by atoms with E-state index >= 15 is 0 Å². The predicted molar refractivity (Wildman–Crippen MR) is 72.6 cm³/mol. The molecule has 0 aliphatic carbocycles. The molecule has 2 heteroatoms. The number of rotatable bonds is 3. The molecule has 2 aromatic carbocycles. The summed E-state index contributed by atoms with van der Waals surface area (Å²) in [7, 11) is 0. The van der Waals surface area contributed by atoms with Crippen LogP contribution in [0.1, 0.15) is 17.0 Å². The minimum atomic E-state index is -0.0719. The molecule has 17 heavy (non-hydrogen) atoms. The van der Waals surface area contributed by atoms with Crippen LogP contribution < -0.4 is 0 Å². The summed E-state index contributed by atoms with van der Waals surface area (Å²) in [4.78, 5) is 0. The Bertz CT molecular complexity index is 511. The van der Waals surface area contributed by atoms with Crippen molar-refractivity contribution in [1.29, 1.82) is 5.26 Å². The highest BCUT2D eigenvalue weighted by Crippen LogP contribution is 2.21. The molecule has 2 aromatic rings. The van der Waals surface area contributed by atoms with Gasteiger partial charge in [-0.15, -0.1) is 0 Å². The summed E-state index contributed by atoms with van der Waals surface area (Å²) < 4.78 is 1.06. The Hall–Kier alpha value is -1.59. The molecule has 0 aromatic heterocycles. The van der Waals surface area contributed by atoms with E-state index in [2.05, 4.69) is 34.1 Å². The zero-order chi connectivity index (χ0) is 12.1. The van der Waals surface area contributed by atoms with Gasteiger partial charge >= 0.3 is 0 Å². The lowest BCUT2D eigenvalue weighted by molar-refractivity contribution is 0.849. The second-order valence-corrected chi connectivity index (χ2v) is 4.84. The minimum absolute atomic E-state index is 0.0719. The van der Waals surface area contributed by atoms with Crippen molar-refractivity contribution in [2.45, 2.75) is 12.3 Å². The fraction of sp³-hybridized carbons (Fsp3) is 0.133. The van der Waals surface area contributed by atoms with Crippen molar-refractivity contribution in [3.8, 4) is 6.07 Å². The zero-order valence-electron chi connectivity index (χ0n) is 9.31. The van der Waals surface area contributed by atoms with Gasteiger partial charge in [-0.1, -0.05) is 58.4 Å². The van der Waals surface area contributed by atoms with Crippen LogP contribution in [0.25, 0.3) is 0 Å². The highest BCUT2D eigenvalue weighted by Gasteiger charge is 2.10. The highest BCUT2D eigenvalue weighted by molar-refractivity contribution is 9.10. The Kier molecular flexibility index (Phi) is 3.95. The lowest BCUT2D eigenvalue weighted by atomic mass is 9.93. The molecule has 0 saturated heterocycles. The number of nitrogens with zero attached hydrogens (tertiary/aromatic N) is 1. The second-order valence-electron chi connectivity index (χ2n) is 3.92.